The van der Waals surface area contributed by atoms with Crippen molar-refractivity contribution in [2.45, 2.75) is 46.6 Å². The van der Waals surface area contributed by atoms with Gasteiger partial charge in [-0.2, -0.15) is 0 Å². The largest absolute Gasteiger partial charge is 0.343 e. The second-order valence-electron chi connectivity index (χ2n) is 4.91. The Morgan fingerprint density at radius 2 is 1.60 bits per heavy atom. The number of hydrogen-bond acceptors (Lipinski definition) is 2. The van der Waals surface area contributed by atoms with Crippen LogP contribution in [0, 0.1) is 0 Å². The molecule has 0 aliphatic carbocycles. The van der Waals surface area contributed by atoms with Crippen molar-refractivity contribution in [2.75, 3.05) is 26.7 Å². The van der Waals surface area contributed by atoms with Crippen LogP contribution in [0.25, 0.3) is 0 Å². The summed E-state index contributed by atoms with van der Waals surface area (Å²) < 4.78 is 0. The smallest absolute Gasteiger partial charge is 0.223 e. The molecule has 0 aliphatic heterocycles. The van der Waals surface area contributed by atoms with Crippen LogP contribution in [0.3, 0.4) is 0 Å². The summed E-state index contributed by atoms with van der Waals surface area (Å²) in [7, 11) is 2.06. The quantitative estimate of drug-likeness (QED) is 0.698. The molecule has 0 saturated carbocycles. The Bertz CT molecular complexity index is 192. The highest BCUT2D eigenvalue weighted by Gasteiger charge is 2.18. The van der Waals surface area contributed by atoms with Gasteiger partial charge in [-0.1, -0.05) is 0 Å². The fourth-order valence-electron chi connectivity index (χ4n) is 1.33. The highest BCUT2D eigenvalue weighted by molar-refractivity contribution is 5.76. The number of rotatable bonds is 5. The van der Waals surface area contributed by atoms with Crippen molar-refractivity contribution in [1.82, 2.24) is 9.80 Å². The number of carbonyl (C=O) groups is 1. The van der Waals surface area contributed by atoms with E-state index < -0.39 is 0 Å². The Kier molecular flexibility index (Phi) is 5.88. The summed E-state index contributed by atoms with van der Waals surface area (Å²) in [6.45, 7) is 13.0. The summed E-state index contributed by atoms with van der Waals surface area (Å²) in [5, 5.41) is 0. The topological polar surface area (TPSA) is 23.6 Å². The zero-order valence-electron chi connectivity index (χ0n) is 11.1. The summed E-state index contributed by atoms with van der Waals surface area (Å²) >= 11 is 0. The third-order valence-electron chi connectivity index (χ3n) is 2.92. The summed E-state index contributed by atoms with van der Waals surface area (Å²) in [5.41, 5.74) is 0.142. The average molecular weight is 214 g/mol. The maximum absolute atomic E-state index is 11.7. The molecule has 90 valence electrons. The van der Waals surface area contributed by atoms with E-state index in [0.717, 1.165) is 19.6 Å². The van der Waals surface area contributed by atoms with E-state index in [9.17, 15) is 4.79 Å². The predicted molar refractivity (Wildman–Crippen MR) is 64.9 cm³/mol. The van der Waals surface area contributed by atoms with Crippen molar-refractivity contribution in [3.8, 4) is 0 Å². The number of amides is 1. The molecule has 0 aromatic carbocycles. The molecule has 3 heteroatoms. The third-order valence-corrected chi connectivity index (χ3v) is 2.92. The van der Waals surface area contributed by atoms with Crippen LogP contribution in [0.2, 0.25) is 0 Å². The maximum Gasteiger partial charge on any atom is 0.223 e. The van der Waals surface area contributed by atoms with Crippen LogP contribution in [0.4, 0.5) is 0 Å². The van der Waals surface area contributed by atoms with Crippen LogP contribution in [-0.2, 0) is 4.79 Å². The maximum atomic E-state index is 11.7. The van der Waals surface area contributed by atoms with E-state index >= 15 is 0 Å². The van der Waals surface area contributed by atoms with Gasteiger partial charge >= 0.3 is 0 Å². The number of carbonyl (C=O) groups excluding carboxylic acids is 1. The van der Waals surface area contributed by atoms with Crippen molar-refractivity contribution in [1.29, 1.82) is 0 Å². The van der Waals surface area contributed by atoms with Gasteiger partial charge in [-0.05, 0) is 41.7 Å². The zero-order valence-corrected chi connectivity index (χ0v) is 11.1. The molecule has 0 heterocycles. The molecule has 0 fully saturated rings. The fourth-order valence-corrected chi connectivity index (χ4v) is 1.33. The molecule has 0 spiro atoms. The van der Waals surface area contributed by atoms with Crippen LogP contribution in [-0.4, -0.2) is 47.9 Å². The second kappa shape index (κ2) is 6.11. The van der Waals surface area contributed by atoms with Crippen LogP contribution in [0.5, 0.6) is 0 Å². The standard InChI is InChI=1S/C12H26N2O/c1-7-14(8-2)11(15)9-10-13(6)12(3,4)5/h7-10H2,1-6H3. The molecule has 15 heavy (non-hydrogen) atoms. The van der Waals surface area contributed by atoms with Gasteiger partial charge in [0.1, 0.15) is 0 Å². The molecule has 0 bridgehead atoms. The van der Waals surface area contributed by atoms with E-state index in [0.29, 0.717) is 6.42 Å². The summed E-state index contributed by atoms with van der Waals surface area (Å²) in [6.07, 6.45) is 0.620. The molecule has 0 aromatic heterocycles. The monoisotopic (exact) mass is 214 g/mol. The highest BCUT2D eigenvalue weighted by Crippen LogP contribution is 2.10. The molecule has 3 nitrogen and oxygen atoms in total. The van der Waals surface area contributed by atoms with Gasteiger partial charge in [0, 0.05) is 31.6 Å². The Balaban J connectivity index is 4.00. The minimum Gasteiger partial charge on any atom is -0.343 e. The Labute approximate surface area is 94.4 Å². The zero-order chi connectivity index (χ0) is 12.1. The third kappa shape index (κ3) is 5.17. The lowest BCUT2D eigenvalue weighted by Crippen LogP contribution is -2.41. The van der Waals surface area contributed by atoms with Crippen LogP contribution >= 0.6 is 0 Å². The van der Waals surface area contributed by atoms with Gasteiger partial charge in [0.15, 0.2) is 0 Å². The summed E-state index contributed by atoms with van der Waals surface area (Å²) in [4.78, 5) is 15.8. The Morgan fingerprint density at radius 1 is 1.13 bits per heavy atom. The van der Waals surface area contributed by atoms with E-state index in [2.05, 4.69) is 32.7 Å². The minimum absolute atomic E-state index is 0.142. The van der Waals surface area contributed by atoms with E-state index in [1.807, 2.05) is 18.7 Å². The molecule has 0 unspecified atom stereocenters. The lowest BCUT2D eigenvalue weighted by Gasteiger charge is -2.32. The molecule has 0 saturated heterocycles. The second-order valence-corrected chi connectivity index (χ2v) is 4.91. The van der Waals surface area contributed by atoms with E-state index in [-0.39, 0.29) is 11.4 Å². The van der Waals surface area contributed by atoms with Crippen molar-refractivity contribution in [2.24, 2.45) is 0 Å². The van der Waals surface area contributed by atoms with E-state index in [4.69, 9.17) is 0 Å². The lowest BCUT2D eigenvalue weighted by atomic mass is 10.1. The molecule has 0 aliphatic rings. The molecule has 0 radical (unpaired) electrons. The van der Waals surface area contributed by atoms with E-state index in [1.54, 1.807) is 0 Å². The first-order chi connectivity index (χ1) is 6.82. The Morgan fingerprint density at radius 3 is 1.93 bits per heavy atom. The fraction of sp³-hybridized carbons (Fsp3) is 0.917. The van der Waals surface area contributed by atoms with Crippen molar-refractivity contribution in [3.05, 3.63) is 0 Å². The van der Waals surface area contributed by atoms with Gasteiger partial charge in [-0.25, -0.2) is 0 Å². The number of hydrogen-bond donors (Lipinski definition) is 0. The van der Waals surface area contributed by atoms with Crippen molar-refractivity contribution in [3.63, 3.8) is 0 Å². The van der Waals surface area contributed by atoms with Crippen LogP contribution < -0.4 is 0 Å². The first-order valence-electron chi connectivity index (χ1n) is 5.82. The minimum atomic E-state index is 0.142. The van der Waals surface area contributed by atoms with Gasteiger partial charge in [0.2, 0.25) is 5.91 Å². The van der Waals surface area contributed by atoms with Gasteiger partial charge in [0.05, 0.1) is 0 Å². The van der Waals surface area contributed by atoms with Crippen molar-refractivity contribution >= 4 is 5.91 Å². The molecule has 0 rings (SSSR count). The number of nitrogens with zero attached hydrogens (tertiary/aromatic N) is 2. The SMILES string of the molecule is CCN(CC)C(=O)CCN(C)C(C)(C)C. The molecule has 1 amide bonds. The first-order valence-corrected chi connectivity index (χ1v) is 5.82. The van der Waals surface area contributed by atoms with Gasteiger partial charge in [-0.15, -0.1) is 0 Å². The first kappa shape index (κ1) is 14.4. The molecule has 0 N–H and O–H groups in total. The Hall–Kier alpha value is -0.570. The average Bonchev–Trinajstić information content (AvgIpc) is 2.14. The lowest BCUT2D eigenvalue weighted by molar-refractivity contribution is -0.131. The molecule has 0 atom stereocenters. The summed E-state index contributed by atoms with van der Waals surface area (Å²) in [5.74, 6) is 0.260. The van der Waals surface area contributed by atoms with Crippen LogP contribution in [0.15, 0.2) is 0 Å². The van der Waals surface area contributed by atoms with Crippen LogP contribution in [0.1, 0.15) is 41.0 Å². The predicted octanol–water partition coefficient (Wildman–Crippen LogP) is 1.98. The van der Waals surface area contributed by atoms with E-state index in [1.165, 1.54) is 0 Å². The van der Waals surface area contributed by atoms with Gasteiger partial charge in [0.25, 0.3) is 0 Å². The highest BCUT2D eigenvalue weighted by atomic mass is 16.2. The normalized spacial score (nSPS) is 11.9. The summed E-state index contributed by atoms with van der Waals surface area (Å²) in [6, 6.07) is 0. The van der Waals surface area contributed by atoms with Gasteiger partial charge < -0.3 is 9.80 Å². The molecular weight excluding hydrogens is 188 g/mol. The van der Waals surface area contributed by atoms with Crippen molar-refractivity contribution < 1.29 is 4.79 Å². The molecular formula is C12H26N2O. The van der Waals surface area contributed by atoms with Gasteiger partial charge in [-0.3, -0.25) is 4.79 Å². The molecule has 0 aromatic rings.